The first kappa shape index (κ1) is 7.98. The summed E-state index contributed by atoms with van der Waals surface area (Å²) in [6, 6.07) is 0. The highest BCUT2D eigenvalue weighted by atomic mass is 16.1. The molecule has 3 rings (SSSR count). The van der Waals surface area contributed by atoms with Gasteiger partial charge in [-0.3, -0.25) is 4.79 Å². The van der Waals surface area contributed by atoms with Crippen molar-refractivity contribution in [3.8, 4) is 0 Å². The van der Waals surface area contributed by atoms with Gasteiger partial charge in [0.2, 0.25) is 0 Å². The molecule has 13 heavy (non-hydrogen) atoms. The number of hydrogen-bond donors (Lipinski definition) is 1. The second kappa shape index (κ2) is 1.85. The third kappa shape index (κ3) is 0.593. The van der Waals surface area contributed by atoms with E-state index in [9.17, 15) is 4.79 Å². The Hall–Kier alpha value is -0.370. The number of carbonyl (C=O) groups is 1. The van der Waals surface area contributed by atoms with Crippen molar-refractivity contribution in [2.75, 3.05) is 0 Å². The normalized spacial score (nSPS) is 62.2. The highest BCUT2D eigenvalue weighted by molar-refractivity contribution is 5.86. The second-order valence-corrected chi connectivity index (χ2v) is 5.59. The summed E-state index contributed by atoms with van der Waals surface area (Å²) in [5.74, 6) is 2.30. The van der Waals surface area contributed by atoms with Crippen LogP contribution in [-0.2, 0) is 4.79 Å². The Bertz CT molecular complexity index is 300. The molecular formula is C11H17NO. The van der Waals surface area contributed by atoms with E-state index in [2.05, 4.69) is 6.92 Å². The monoisotopic (exact) mass is 179 g/mol. The molecule has 0 bridgehead atoms. The van der Waals surface area contributed by atoms with Crippen molar-refractivity contribution in [2.24, 2.45) is 28.9 Å². The number of ketones is 1. The lowest BCUT2D eigenvalue weighted by Gasteiger charge is -2.67. The molecule has 3 saturated carbocycles. The molecule has 0 amide bonds. The van der Waals surface area contributed by atoms with Crippen LogP contribution in [0.3, 0.4) is 0 Å². The van der Waals surface area contributed by atoms with Crippen molar-refractivity contribution in [3.05, 3.63) is 0 Å². The SMILES string of the molecule is CC(=O)C12CC3(N)CC(CC1C)C32. The van der Waals surface area contributed by atoms with Gasteiger partial charge in [0, 0.05) is 11.0 Å². The first-order chi connectivity index (χ1) is 6.01. The highest BCUT2D eigenvalue weighted by Gasteiger charge is 2.77. The van der Waals surface area contributed by atoms with Crippen LogP contribution < -0.4 is 5.73 Å². The Balaban J connectivity index is 2.02. The first-order valence-corrected chi connectivity index (χ1v) is 5.30. The minimum atomic E-state index is 0.0116. The Labute approximate surface area is 78.9 Å². The average molecular weight is 179 g/mol. The number of carbonyl (C=O) groups excluding carboxylic acids is 1. The maximum atomic E-state index is 11.7. The van der Waals surface area contributed by atoms with Crippen LogP contribution >= 0.6 is 0 Å². The fourth-order valence-electron chi connectivity index (χ4n) is 4.74. The fourth-order valence-corrected chi connectivity index (χ4v) is 4.74. The van der Waals surface area contributed by atoms with Gasteiger partial charge in [-0.1, -0.05) is 6.92 Å². The molecular weight excluding hydrogens is 162 g/mol. The summed E-state index contributed by atoms with van der Waals surface area (Å²) < 4.78 is 0. The number of rotatable bonds is 1. The van der Waals surface area contributed by atoms with Gasteiger partial charge in [0.1, 0.15) is 5.78 Å². The van der Waals surface area contributed by atoms with Gasteiger partial charge < -0.3 is 5.73 Å². The molecule has 0 saturated heterocycles. The summed E-state index contributed by atoms with van der Waals surface area (Å²) in [5, 5.41) is 0. The maximum absolute atomic E-state index is 11.7. The molecule has 0 heterocycles. The third-order valence-corrected chi connectivity index (χ3v) is 5.10. The minimum absolute atomic E-state index is 0.0116. The zero-order valence-electron chi connectivity index (χ0n) is 8.34. The van der Waals surface area contributed by atoms with Gasteiger partial charge in [-0.2, -0.15) is 0 Å². The van der Waals surface area contributed by atoms with Gasteiger partial charge in [-0.15, -0.1) is 0 Å². The molecule has 3 aliphatic rings. The molecule has 72 valence electrons. The molecule has 2 nitrogen and oxygen atoms in total. The molecule has 0 spiro atoms. The largest absolute Gasteiger partial charge is 0.325 e. The van der Waals surface area contributed by atoms with Gasteiger partial charge in [0.25, 0.3) is 0 Å². The van der Waals surface area contributed by atoms with Crippen molar-refractivity contribution in [3.63, 3.8) is 0 Å². The van der Waals surface area contributed by atoms with Crippen LogP contribution in [0.5, 0.6) is 0 Å². The van der Waals surface area contributed by atoms with E-state index in [1.165, 1.54) is 12.8 Å². The van der Waals surface area contributed by atoms with Gasteiger partial charge in [0.05, 0.1) is 0 Å². The summed E-state index contributed by atoms with van der Waals surface area (Å²) in [4.78, 5) is 11.7. The van der Waals surface area contributed by atoms with Crippen LogP contribution in [0.15, 0.2) is 0 Å². The van der Waals surface area contributed by atoms with Crippen LogP contribution in [-0.4, -0.2) is 11.3 Å². The van der Waals surface area contributed by atoms with Crippen molar-refractivity contribution in [1.29, 1.82) is 0 Å². The van der Waals surface area contributed by atoms with E-state index in [4.69, 9.17) is 5.73 Å². The lowest BCUT2D eigenvalue weighted by molar-refractivity contribution is -0.173. The van der Waals surface area contributed by atoms with Crippen LogP contribution in [0.1, 0.15) is 33.1 Å². The Morgan fingerprint density at radius 3 is 2.69 bits per heavy atom. The van der Waals surface area contributed by atoms with Crippen LogP contribution in [0.25, 0.3) is 0 Å². The molecule has 3 aliphatic carbocycles. The minimum Gasteiger partial charge on any atom is -0.325 e. The van der Waals surface area contributed by atoms with Crippen LogP contribution in [0.2, 0.25) is 0 Å². The number of Topliss-reactive ketones (excluding diaryl/α,β-unsaturated/α-hetero) is 1. The Morgan fingerprint density at radius 1 is 1.54 bits per heavy atom. The van der Waals surface area contributed by atoms with Gasteiger partial charge in [0.15, 0.2) is 0 Å². The van der Waals surface area contributed by atoms with E-state index in [1.54, 1.807) is 6.92 Å². The quantitative estimate of drug-likeness (QED) is 0.660. The zero-order valence-corrected chi connectivity index (χ0v) is 8.34. The second-order valence-electron chi connectivity index (χ2n) is 5.59. The lowest BCUT2D eigenvalue weighted by atomic mass is 9.38. The zero-order chi connectivity index (χ0) is 9.43. The molecule has 5 unspecified atom stereocenters. The van der Waals surface area contributed by atoms with Gasteiger partial charge in [-0.25, -0.2) is 0 Å². The van der Waals surface area contributed by atoms with Gasteiger partial charge >= 0.3 is 0 Å². The van der Waals surface area contributed by atoms with Crippen molar-refractivity contribution >= 4 is 5.78 Å². The molecule has 2 N–H and O–H groups in total. The molecule has 2 heteroatoms. The standard InChI is InChI=1S/C11H17NO/c1-6-3-8-4-10(12)5-11(6,7(2)13)9(8)10/h6,8-9H,3-5,12H2,1-2H3. The summed E-state index contributed by atoms with van der Waals surface area (Å²) in [6.07, 6.45) is 3.39. The number of nitrogens with two attached hydrogens (primary N) is 1. The Morgan fingerprint density at radius 2 is 2.23 bits per heavy atom. The topological polar surface area (TPSA) is 43.1 Å². The van der Waals surface area contributed by atoms with Crippen LogP contribution in [0.4, 0.5) is 0 Å². The summed E-state index contributed by atoms with van der Waals surface area (Å²) in [6.45, 7) is 4.00. The Kier molecular flexibility index (Phi) is 1.14. The fraction of sp³-hybridized carbons (Fsp3) is 0.909. The highest BCUT2D eigenvalue weighted by Crippen LogP contribution is 2.75. The van der Waals surface area contributed by atoms with Gasteiger partial charge in [-0.05, 0) is 43.9 Å². The molecule has 0 aromatic carbocycles. The molecule has 5 atom stereocenters. The average Bonchev–Trinajstić information content (AvgIpc) is 2.08. The third-order valence-electron chi connectivity index (χ3n) is 5.10. The summed E-state index contributed by atoms with van der Waals surface area (Å²) in [7, 11) is 0. The summed E-state index contributed by atoms with van der Waals surface area (Å²) >= 11 is 0. The van der Waals surface area contributed by atoms with E-state index in [1.807, 2.05) is 0 Å². The summed E-state index contributed by atoms with van der Waals surface area (Å²) in [5.41, 5.74) is 6.29. The van der Waals surface area contributed by atoms with E-state index >= 15 is 0 Å². The van der Waals surface area contributed by atoms with E-state index in [0.717, 1.165) is 12.3 Å². The van der Waals surface area contributed by atoms with E-state index in [-0.39, 0.29) is 11.0 Å². The first-order valence-electron chi connectivity index (χ1n) is 5.30. The molecule has 0 aromatic heterocycles. The molecule has 0 aliphatic heterocycles. The lowest BCUT2D eigenvalue weighted by Crippen LogP contribution is -2.75. The van der Waals surface area contributed by atoms with Crippen molar-refractivity contribution in [1.82, 2.24) is 0 Å². The molecule has 3 fully saturated rings. The van der Waals surface area contributed by atoms with Crippen molar-refractivity contribution < 1.29 is 4.79 Å². The smallest absolute Gasteiger partial charge is 0.136 e. The number of hydrogen-bond acceptors (Lipinski definition) is 2. The predicted octanol–water partition coefficient (Wildman–Crippen LogP) is 1.34. The maximum Gasteiger partial charge on any atom is 0.136 e. The van der Waals surface area contributed by atoms with Crippen LogP contribution in [0, 0.1) is 23.2 Å². The van der Waals surface area contributed by atoms with E-state index < -0.39 is 0 Å². The molecule has 0 radical (unpaired) electrons. The van der Waals surface area contributed by atoms with E-state index in [0.29, 0.717) is 17.6 Å². The van der Waals surface area contributed by atoms with Crippen molar-refractivity contribution in [2.45, 2.75) is 38.6 Å². The molecule has 0 aromatic rings. The predicted molar refractivity (Wildman–Crippen MR) is 50.0 cm³/mol.